The third-order valence-corrected chi connectivity index (χ3v) is 11.7. The van der Waals surface area contributed by atoms with E-state index in [9.17, 15) is 8.78 Å². The molecule has 2 aromatic rings. The number of rotatable bonds is 8. The largest absolute Gasteiger partial charge is 0.344 e. The van der Waals surface area contributed by atoms with Crippen molar-refractivity contribution in [2.24, 2.45) is 0 Å². The van der Waals surface area contributed by atoms with Gasteiger partial charge in [0, 0.05) is 29.0 Å². The Morgan fingerprint density at radius 2 is 0.900 bits per heavy atom. The van der Waals surface area contributed by atoms with Gasteiger partial charge in [0.2, 0.25) is 0 Å². The third-order valence-electron chi connectivity index (χ3n) is 5.38. The predicted octanol–water partition coefficient (Wildman–Crippen LogP) is 7.58. The quantitative estimate of drug-likeness (QED) is 0.374. The molecule has 2 aromatic carbocycles. The van der Waals surface area contributed by atoms with Crippen LogP contribution < -0.4 is 15.5 Å². The molecule has 2 rings (SSSR count). The normalized spacial score (nSPS) is 12.3. The fourth-order valence-electron chi connectivity index (χ4n) is 4.41. The van der Waals surface area contributed by atoms with Crippen molar-refractivity contribution in [2.45, 2.75) is 78.0 Å². The molecule has 30 heavy (non-hydrogen) atoms. The highest BCUT2D eigenvalue weighted by molar-refractivity contribution is 7.67. The van der Waals surface area contributed by atoms with Crippen LogP contribution in [0.2, 0.25) is 0 Å². The van der Waals surface area contributed by atoms with E-state index in [4.69, 9.17) is 0 Å². The zero-order chi connectivity index (χ0) is 22.7. The molecule has 0 N–H and O–H groups in total. The molecule has 166 valence electrons. The SMILES string of the molecule is CC(C)P(c1cc(F)ccc1N(C)c1ccc(F)cc1P(C(C)C)C(C)C)C(C)C. The summed E-state index contributed by atoms with van der Waals surface area (Å²) in [6.07, 6.45) is 0. The Kier molecular flexibility index (Phi) is 8.84. The van der Waals surface area contributed by atoms with Gasteiger partial charge in [-0.05, 0) is 59.0 Å². The van der Waals surface area contributed by atoms with E-state index in [0.29, 0.717) is 22.6 Å². The van der Waals surface area contributed by atoms with Gasteiger partial charge in [0.15, 0.2) is 0 Å². The maximum atomic E-state index is 14.3. The van der Waals surface area contributed by atoms with E-state index in [0.717, 1.165) is 22.0 Å². The van der Waals surface area contributed by atoms with Crippen molar-refractivity contribution < 1.29 is 8.78 Å². The zero-order valence-corrected chi connectivity index (χ0v) is 21.7. The van der Waals surface area contributed by atoms with Gasteiger partial charge in [-0.15, -0.1) is 0 Å². The maximum absolute atomic E-state index is 14.3. The minimum absolute atomic E-state index is 0.193. The molecule has 0 radical (unpaired) electrons. The van der Waals surface area contributed by atoms with Crippen LogP contribution in [-0.4, -0.2) is 29.7 Å². The van der Waals surface area contributed by atoms with Crippen LogP contribution >= 0.6 is 15.8 Å². The van der Waals surface area contributed by atoms with Gasteiger partial charge in [-0.1, -0.05) is 71.2 Å². The molecule has 1 nitrogen and oxygen atoms in total. The van der Waals surface area contributed by atoms with Crippen molar-refractivity contribution in [3.63, 3.8) is 0 Å². The third kappa shape index (κ3) is 5.60. The van der Waals surface area contributed by atoms with E-state index in [1.165, 1.54) is 0 Å². The minimum atomic E-state index is -0.540. The second-order valence-electron chi connectivity index (χ2n) is 9.01. The van der Waals surface area contributed by atoms with Crippen LogP contribution in [0.4, 0.5) is 20.2 Å². The van der Waals surface area contributed by atoms with Crippen molar-refractivity contribution in [1.82, 2.24) is 0 Å². The highest BCUT2D eigenvalue weighted by Crippen LogP contribution is 2.50. The predicted molar refractivity (Wildman–Crippen MR) is 135 cm³/mol. The topological polar surface area (TPSA) is 3.24 Å². The zero-order valence-electron chi connectivity index (χ0n) is 19.9. The lowest BCUT2D eigenvalue weighted by atomic mass is 10.2. The molecule has 0 saturated heterocycles. The highest BCUT2D eigenvalue weighted by Gasteiger charge is 2.27. The van der Waals surface area contributed by atoms with E-state index >= 15 is 0 Å². The van der Waals surface area contributed by atoms with Crippen molar-refractivity contribution in [2.75, 3.05) is 11.9 Å². The fraction of sp³-hybridized carbons (Fsp3) is 0.520. The molecule has 5 heteroatoms. The molecule has 0 spiro atoms. The summed E-state index contributed by atoms with van der Waals surface area (Å²) in [6.45, 7) is 17.8. The first kappa shape index (κ1) is 25.2. The number of nitrogens with zero attached hydrogens (tertiary/aromatic N) is 1. The number of hydrogen-bond donors (Lipinski definition) is 0. The number of halogens is 2. The Bertz CT molecular complexity index is 764. The second-order valence-corrected chi connectivity index (χ2v) is 15.7. The van der Waals surface area contributed by atoms with Gasteiger partial charge in [0.1, 0.15) is 11.6 Å². The molecule has 0 saturated carbocycles. The lowest BCUT2D eigenvalue weighted by molar-refractivity contribution is 0.629. The van der Waals surface area contributed by atoms with Crippen molar-refractivity contribution >= 4 is 37.8 Å². The summed E-state index contributed by atoms with van der Waals surface area (Å²) in [5.74, 6) is -0.385. The van der Waals surface area contributed by atoms with Gasteiger partial charge >= 0.3 is 0 Å². The van der Waals surface area contributed by atoms with Crippen LogP contribution in [0.5, 0.6) is 0 Å². The number of hydrogen-bond acceptors (Lipinski definition) is 1. The Hall–Kier alpha value is -1.04. The van der Waals surface area contributed by atoms with Crippen LogP contribution in [0.15, 0.2) is 36.4 Å². The molecule has 0 bridgehead atoms. The maximum Gasteiger partial charge on any atom is 0.123 e. The fourth-order valence-corrected chi connectivity index (χ4v) is 10.5. The molecule has 0 unspecified atom stereocenters. The molecule has 0 aliphatic rings. The summed E-state index contributed by atoms with van der Waals surface area (Å²) in [5.41, 5.74) is 3.85. The molecular weight excluding hydrogens is 414 g/mol. The van der Waals surface area contributed by atoms with Crippen LogP contribution in [-0.2, 0) is 0 Å². The molecule has 0 aliphatic carbocycles. The lowest BCUT2D eigenvalue weighted by Crippen LogP contribution is -2.27. The minimum Gasteiger partial charge on any atom is -0.344 e. The summed E-state index contributed by atoms with van der Waals surface area (Å²) in [5, 5.41) is 2.18. The van der Waals surface area contributed by atoms with Gasteiger partial charge in [-0.3, -0.25) is 0 Å². The summed E-state index contributed by atoms with van der Waals surface area (Å²) in [7, 11) is 0.957. The average Bonchev–Trinajstić information content (AvgIpc) is 2.60. The number of benzene rings is 2. The van der Waals surface area contributed by atoms with Crippen LogP contribution in [0.25, 0.3) is 0 Å². The highest BCUT2D eigenvalue weighted by atomic mass is 31.1. The molecule has 0 aromatic heterocycles. The van der Waals surface area contributed by atoms with E-state index in [1.54, 1.807) is 24.3 Å². The van der Waals surface area contributed by atoms with Crippen molar-refractivity contribution in [3.05, 3.63) is 48.0 Å². The Balaban J connectivity index is 2.69. The summed E-state index contributed by atoms with van der Waals surface area (Å²) >= 11 is 0. The van der Waals surface area contributed by atoms with E-state index in [1.807, 2.05) is 19.2 Å². The average molecular weight is 452 g/mol. The summed E-state index contributed by atoms with van der Waals surface area (Å²) in [4.78, 5) is 2.16. The summed E-state index contributed by atoms with van der Waals surface area (Å²) < 4.78 is 28.6. The van der Waals surface area contributed by atoms with Crippen molar-refractivity contribution in [1.29, 1.82) is 0 Å². The molecule has 0 amide bonds. The summed E-state index contributed by atoms with van der Waals surface area (Å²) in [6, 6.07) is 10.3. The van der Waals surface area contributed by atoms with E-state index in [2.05, 4.69) is 60.3 Å². The Morgan fingerprint density at radius 1 is 0.600 bits per heavy atom. The van der Waals surface area contributed by atoms with Gasteiger partial charge in [0.05, 0.1) is 0 Å². The van der Waals surface area contributed by atoms with E-state index < -0.39 is 15.8 Å². The van der Waals surface area contributed by atoms with E-state index in [-0.39, 0.29) is 11.6 Å². The monoisotopic (exact) mass is 451 g/mol. The Morgan fingerprint density at radius 3 is 1.17 bits per heavy atom. The van der Waals surface area contributed by atoms with Crippen LogP contribution in [0.3, 0.4) is 0 Å². The molecule has 0 fully saturated rings. The standard InChI is InChI=1S/C25H37F2NP2/c1-16(2)29(17(3)4)24-14-20(26)10-12-22(24)28(9)23-13-11-21(27)15-25(23)30(18(5)6)19(7)8/h10-19H,1-9H3. The van der Waals surface area contributed by atoms with Gasteiger partial charge in [-0.2, -0.15) is 0 Å². The first-order chi connectivity index (χ1) is 14.0. The molecule has 0 heterocycles. The molecular formula is C25H37F2NP2. The van der Waals surface area contributed by atoms with Crippen LogP contribution in [0, 0.1) is 11.6 Å². The smallest absolute Gasteiger partial charge is 0.123 e. The van der Waals surface area contributed by atoms with Gasteiger partial charge in [0.25, 0.3) is 0 Å². The van der Waals surface area contributed by atoms with Crippen molar-refractivity contribution in [3.8, 4) is 0 Å². The number of anilines is 2. The van der Waals surface area contributed by atoms with Crippen LogP contribution in [0.1, 0.15) is 55.4 Å². The Labute approximate surface area is 184 Å². The van der Waals surface area contributed by atoms with Gasteiger partial charge in [-0.25, -0.2) is 8.78 Å². The first-order valence-corrected chi connectivity index (χ1v) is 13.8. The molecule has 0 atom stereocenters. The molecule has 0 aliphatic heterocycles. The van der Waals surface area contributed by atoms with Gasteiger partial charge < -0.3 is 4.90 Å². The first-order valence-electron chi connectivity index (χ1n) is 10.8. The second kappa shape index (κ2) is 10.5. The lowest BCUT2D eigenvalue weighted by Gasteiger charge is -2.35.